The molecule has 8 aromatic carbocycles. The molecule has 0 N–H and O–H groups in total. The third-order valence-corrected chi connectivity index (χ3v) is 11.9. The van der Waals surface area contributed by atoms with Gasteiger partial charge in [0, 0.05) is 12.1 Å². The van der Waals surface area contributed by atoms with Gasteiger partial charge in [-0.3, -0.25) is 4.57 Å². The van der Waals surface area contributed by atoms with E-state index in [-0.39, 0.29) is 0 Å². The first-order valence-corrected chi connectivity index (χ1v) is 19.1. The molecule has 9 aromatic rings. The average molecular weight is 686 g/mol. The molecule has 0 fully saturated rings. The van der Waals surface area contributed by atoms with Gasteiger partial charge in [0.2, 0.25) is 0 Å². The van der Waals surface area contributed by atoms with Gasteiger partial charge in [-0.2, -0.15) is 0 Å². The molecule has 0 aliphatic rings. The van der Waals surface area contributed by atoms with Gasteiger partial charge < -0.3 is 0 Å². The fourth-order valence-corrected chi connectivity index (χ4v) is 8.79. The fourth-order valence-electron chi connectivity index (χ4n) is 8.79. The molecule has 0 unspecified atom stereocenters. The lowest BCUT2D eigenvalue weighted by atomic mass is 9.59. The van der Waals surface area contributed by atoms with Crippen LogP contribution in [0.5, 0.6) is 0 Å². The second kappa shape index (κ2) is 13.5. The molecule has 0 atom stereocenters. The molecule has 54 heavy (non-hydrogen) atoms. The van der Waals surface area contributed by atoms with Crippen LogP contribution in [-0.4, -0.2) is 48.8 Å². The number of hydrogen-bond donors (Lipinski definition) is 0. The van der Waals surface area contributed by atoms with Crippen molar-refractivity contribution in [2.45, 2.75) is 13.3 Å². The van der Waals surface area contributed by atoms with Gasteiger partial charge in [-0.25, -0.2) is 4.98 Å². The number of aromatic nitrogens is 2. The molecular formula is C47H39B5N2. The van der Waals surface area contributed by atoms with Crippen LogP contribution in [0.25, 0.3) is 82.8 Å². The fraction of sp³-hybridized carbons (Fsp3) is 0.0426. The average Bonchev–Trinajstić information content (AvgIpc) is 3.60. The van der Waals surface area contributed by atoms with Crippen LogP contribution >= 0.6 is 0 Å². The lowest BCUT2D eigenvalue weighted by Crippen LogP contribution is -2.55. The first-order chi connectivity index (χ1) is 26.3. The Morgan fingerprint density at radius 3 is 1.41 bits per heavy atom. The minimum absolute atomic E-state index is 0.861. The zero-order valence-electron chi connectivity index (χ0n) is 32.0. The molecule has 0 bridgehead atoms. The highest BCUT2D eigenvalue weighted by molar-refractivity contribution is 6.68. The molecular weight excluding hydrogens is 647 g/mol. The summed E-state index contributed by atoms with van der Waals surface area (Å²) in [6, 6.07) is 53.5. The molecule has 0 aliphatic carbocycles. The van der Waals surface area contributed by atoms with Gasteiger partial charge in [0.25, 0.3) is 0 Å². The van der Waals surface area contributed by atoms with Crippen LogP contribution in [0.15, 0.2) is 146 Å². The van der Waals surface area contributed by atoms with Gasteiger partial charge in [0.1, 0.15) is 45.1 Å². The highest BCUT2D eigenvalue weighted by Crippen LogP contribution is 2.44. The molecule has 252 valence electrons. The molecule has 0 radical (unpaired) electrons. The maximum absolute atomic E-state index is 4.95. The Bertz CT molecular complexity index is 2860. The zero-order chi connectivity index (χ0) is 37.1. The van der Waals surface area contributed by atoms with Crippen LogP contribution in [0, 0.1) is 0 Å². The van der Waals surface area contributed by atoms with Crippen molar-refractivity contribution in [2.24, 2.45) is 0 Å². The van der Waals surface area contributed by atoms with E-state index in [1.807, 2.05) is 0 Å². The van der Waals surface area contributed by atoms with E-state index in [4.69, 9.17) is 4.98 Å². The van der Waals surface area contributed by atoms with E-state index in [1.54, 1.807) is 0 Å². The maximum Gasteiger partial charge on any atom is 0.139 e. The summed E-state index contributed by atoms with van der Waals surface area (Å²) < 4.78 is 2.31. The molecule has 7 heteroatoms. The van der Waals surface area contributed by atoms with Gasteiger partial charge in [0.15, 0.2) is 0 Å². The lowest BCUT2D eigenvalue weighted by Gasteiger charge is -2.22. The van der Waals surface area contributed by atoms with Gasteiger partial charge >= 0.3 is 0 Å². The highest BCUT2D eigenvalue weighted by Gasteiger charge is 2.19. The Morgan fingerprint density at radius 1 is 0.426 bits per heavy atom. The van der Waals surface area contributed by atoms with Crippen molar-refractivity contribution in [3.63, 3.8) is 0 Å². The summed E-state index contributed by atoms with van der Waals surface area (Å²) in [5, 5.41) is 5.04. The van der Waals surface area contributed by atoms with Crippen LogP contribution in [0.1, 0.15) is 12.7 Å². The number of nitrogens with zero attached hydrogens (tertiary/aromatic N) is 2. The normalized spacial score (nSPS) is 11.5. The number of benzene rings is 8. The van der Waals surface area contributed by atoms with Crippen LogP contribution in [0.4, 0.5) is 0 Å². The largest absolute Gasteiger partial charge is 0.296 e. The first kappa shape index (κ1) is 33.9. The second-order valence-corrected chi connectivity index (χ2v) is 14.8. The molecule has 9 rings (SSSR count). The van der Waals surface area contributed by atoms with Crippen molar-refractivity contribution >= 4 is 99.1 Å². The van der Waals surface area contributed by atoms with Gasteiger partial charge in [-0.05, 0) is 102 Å². The Hall–Kier alpha value is -5.93. The summed E-state index contributed by atoms with van der Waals surface area (Å²) >= 11 is 0. The molecule has 0 saturated heterocycles. The van der Waals surface area contributed by atoms with Crippen LogP contribution in [0.3, 0.4) is 0 Å². The Balaban J connectivity index is 1.22. The number of imidazole rings is 1. The number of rotatable bonds is 6. The lowest BCUT2D eigenvalue weighted by molar-refractivity contribution is 0.908. The van der Waals surface area contributed by atoms with E-state index in [9.17, 15) is 0 Å². The van der Waals surface area contributed by atoms with Gasteiger partial charge in [-0.15, -0.1) is 16.4 Å². The SMILES string of the molecule is Bc1c(B)c(B)c(-c2cccc(-c3c4ccccc4c(-c4cccc(-c5cccc(-n6c(CC)nc7ccccc76)c5)c4)c4ccccc34)c2)c(B)c1B. The van der Waals surface area contributed by atoms with Gasteiger partial charge in [-0.1, -0.05) is 127 Å². The maximum atomic E-state index is 4.95. The topological polar surface area (TPSA) is 17.8 Å². The van der Waals surface area contributed by atoms with E-state index < -0.39 is 0 Å². The van der Waals surface area contributed by atoms with Crippen LogP contribution in [0.2, 0.25) is 0 Å². The predicted molar refractivity (Wildman–Crippen MR) is 248 cm³/mol. The molecule has 1 aromatic heterocycles. The molecule has 2 nitrogen and oxygen atoms in total. The van der Waals surface area contributed by atoms with Crippen molar-refractivity contribution in [3.05, 3.63) is 151 Å². The smallest absolute Gasteiger partial charge is 0.139 e. The Kier molecular flexibility index (Phi) is 8.46. The summed E-state index contributed by atoms with van der Waals surface area (Å²) in [7, 11) is 11.3. The monoisotopic (exact) mass is 686 g/mol. The number of hydrogen-bond acceptors (Lipinski definition) is 1. The molecule has 0 amide bonds. The first-order valence-electron chi connectivity index (χ1n) is 19.1. The molecule has 0 aliphatic heterocycles. The second-order valence-electron chi connectivity index (χ2n) is 14.8. The van der Waals surface area contributed by atoms with Crippen molar-refractivity contribution < 1.29 is 0 Å². The van der Waals surface area contributed by atoms with E-state index in [1.165, 1.54) is 93.4 Å². The van der Waals surface area contributed by atoms with Crippen molar-refractivity contribution in [1.29, 1.82) is 0 Å². The molecule has 0 saturated carbocycles. The minimum Gasteiger partial charge on any atom is -0.296 e. The minimum atomic E-state index is 0.861. The molecule has 1 heterocycles. The number of aryl methyl sites for hydroxylation is 1. The summed E-state index contributed by atoms with van der Waals surface area (Å²) in [6.45, 7) is 2.18. The van der Waals surface area contributed by atoms with Gasteiger partial charge in [0.05, 0.1) is 11.0 Å². The van der Waals surface area contributed by atoms with E-state index >= 15 is 0 Å². The quantitative estimate of drug-likeness (QED) is 0.192. The van der Waals surface area contributed by atoms with Crippen molar-refractivity contribution in [3.8, 4) is 50.2 Å². The van der Waals surface area contributed by atoms with Crippen molar-refractivity contribution in [2.75, 3.05) is 0 Å². The third kappa shape index (κ3) is 5.45. The van der Waals surface area contributed by atoms with E-state index in [0.29, 0.717) is 0 Å². The van der Waals surface area contributed by atoms with E-state index in [0.717, 1.165) is 29.0 Å². The highest BCUT2D eigenvalue weighted by atomic mass is 15.1. The third-order valence-electron chi connectivity index (χ3n) is 11.9. The van der Waals surface area contributed by atoms with E-state index in [2.05, 4.69) is 196 Å². The summed E-state index contributed by atoms with van der Waals surface area (Å²) in [5.74, 6) is 1.07. The number of fused-ring (bicyclic) bond motifs is 3. The summed E-state index contributed by atoms with van der Waals surface area (Å²) in [6.07, 6.45) is 0.861. The van der Waals surface area contributed by atoms with Crippen LogP contribution in [-0.2, 0) is 6.42 Å². The van der Waals surface area contributed by atoms with Crippen LogP contribution < -0.4 is 27.3 Å². The standard InChI is InChI=1S/C47H39B5N2/c1-2-39-53-37-22-7-8-23-38(37)54(39)32-17-11-13-28(26-32)27-12-9-14-29(24-27)40-33-18-3-5-20-35(33)41(36-21-6-4-19-34(36)40)30-15-10-16-31(25-30)42-43(48)45(50)47(52)46(51)44(42)49/h3-26H,2,48-52H2,1H3. The number of para-hydroxylation sites is 2. The summed E-state index contributed by atoms with van der Waals surface area (Å²) in [5.41, 5.74) is 20.2. The zero-order valence-corrected chi connectivity index (χ0v) is 32.0. The Morgan fingerprint density at radius 2 is 0.852 bits per heavy atom. The Labute approximate surface area is 322 Å². The summed E-state index contributed by atoms with van der Waals surface area (Å²) in [4.78, 5) is 4.95. The van der Waals surface area contributed by atoms with Crippen molar-refractivity contribution in [1.82, 2.24) is 9.55 Å². The predicted octanol–water partition coefficient (Wildman–Crippen LogP) is 3.85. The molecule has 0 spiro atoms.